The molecule has 0 fully saturated rings. The molecule has 2 rings (SSSR count). The third kappa shape index (κ3) is 5.06. The molecule has 2 aromatic rings. The number of hydrogen-bond donors (Lipinski definition) is 3. The zero-order chi connectivity index (χ0) is 14.9. The fraction of sp³-hybridized carbons (Fsp3) is 0.286. The molecule has 0 radical (unpaired) electrons. The highest BCUT2D eigenvalue weighted by atomic mass is 16.2. The standard InChI is InChI=1S/C14H18N6O/c1-11(12-4-2-5-15-10-12)20-14(21)19-9-8-18-13-16-6-3-7-17-13/h2-7,10-11H,8-9H2,1H3,(H,16,17,18)(H2,19,20,21)/t11-/m1/s1. The lowest BCUT2D eigenvalue weighted by molar-refractivity contribution is 0.238. The van der Waals surface area contributed by atoms with Crippen LogP contribution in [0.4, 0.5) is 10.7 Å². The number of nitrogens with zero attached hydrogens (tertiary/aromatic N) is 3. The molecule has 3 N–H and O–H groups in total. The minimum Gasteiger partial charge on any atom is -0.352 e. The average molecular weight is 286 g/mol. The largest absolute Gasteiger partial charge is 0.352 e. The molecule has 0 spiro atoms. The molecular formula is C14H18N6O. The Morgan fingerprint density at radius 2 is 2.00 bits per heavy atom. The van der Waals surface area contributed by atoms with Crippen LogP contribution in [0.5, 0.6) is 0 Å². The number of amides is 2. The molecule has 7 heteroatoms. The van der Waals surface area contributed by atoms with Crippen LogP contribution in [0, 0.1) is 0 Å². The molecule has 0 saturated carbocycles. The maximum Gasteiger partial charge on any atom is 0.315 e. The van der Waals surface area contributed by atoms with E-state index < -0.39 is 0 Å². The lowest BCUT2D eigenvalue weighted by Crippen LogP contribution is -2.39. The fourth-order valence-electron chi connectivity index (χ4n) is 1.70. The summed E-state index contributed by atoms with van der Waals surface area (Å²) in [6, 6.07) is 5.20. The van der Waals surface area contributed by atoms with Crippen LogP contribution in [0.1, 0.15) is 18.5 Å². The Kier molecular flexibility index (Phi) is 5.45. The Bertz CT molecular complexity index is 548. The van der Waals surface area contributed by atoms with Crippen LogP contribution < -0.4 is 16.0 Å². The Morgan fingerprint density at radius 3 is 2.71 bits per heavy atom. The van der Waals surface area contributed by atoms with Crippen molar-refractivity contribution in [2.75, 3.05) is 18.4 Å². The molecule has 0 saturated heterocycles. The Labute approximate surface area is 123 Å². The van der Waals surface area contributed by atoms with Gasteiger partial charge in [-0.2, -0.15) is 0 Å². The summed E-state index contributed by atoms with van der Waals surface area (Å²) >= 11 is 0. The highest BCUT2D eigenvalue weighted by Gasteiger charge is 2.08. The van der Waals surface area contributed by atoms with Crippen LogP contribution in [0.25, 0.3) is 0 Å². The molecule has 21 heavy (non-hydrogen) atoms. The third-order valence-electron chi connectivity index (χ3n) is 2.79. The third-order valence-corrected chi connectivity index (χ3v) is 2.79. The number of hydrogen-bond acceptors (Lipinski definition) is 5. The molecule has 0 aliphatic carbocycles. The number of carbonyl (C=O) groups is 1. The van der Waals surface area contributed by atoms with E-state index in [0.29, 0.717) is 19.0 Å². The zero-order valence-corrected chi connectivity index (χ0v) is 11.8. The number of rotatable bonds is 6. The molecule has 0 aromatic carbocycles. The van der Waals surface area contributed by atoms with Gasteiger partial charge in [-0.05, 0) is 24.6 Å². The second-order valence-corrected chi connectivity index (χ2v) is 4.41. The summed E-state index contributed by atoms with van der Waals surface area (Å²) < 4.78 is 0. The van der Waals surface area contributed by atoms with Crippen molar-refractivity contribution in [2.45, 2.75) is 13.0 Å². The van der Waals surface area contributed by atoms with Gasteiger partial charge in [0.05, 0.1) is 6.04 Å². The van der Waals surface area contributed by atoms with Crippen molar-refractivity contribution in [1.29, 1.82) is 0 Å². The maximum absolute atomic E-state index is 11.7. The molecule has 0 aliphatic heterocycles. The van der Waals surface area contributed by atoms with Gasteiger partial charge in [0.2, 0.25) is 5.95 Å². The van der Waals surface area contributed by atoms with E-state index in [0.717, 1.165) is 5.56 Å². The van der Waals surface area contributed by atoms with Gasteiger partial charge in [0.1, 0.15) is 0 Å². The number of urea groups is 1. The molecule has 7 nitrogen and oxygen atoms in total. The SMILES string of the molecule is C[C@@H](NC(=O)NCCNc1ncccn1)c1cccnc1. The smallest absolute Gasteiger partial charge is 0.315 e. The summed E-state index contributed by atoms with van der Waals surface area (Å²) in [4.78, 5) is 23.8. The number of nitrogens with one attached hydrogen (secondary N) is 3. The van der Waals surface area contributed by atoms with E-state index in [-0.39, 0.29) is 12.1 Å². The van der Waals surface area contributed by atoms with Crippen molar-refractivity contribution in [1.82, 2.24) is 25.6 Å². The van der Waals surface area contributed by atoms with Gasteiger partial charge in [0, 0.05) is 37.9 Å². The second-order valence-electron chi connectivity index (χ2n) is 4.41. The van der Waals surface area contributed by atoms with E-state index in [1.54, 1.807) is 30.9 Å². The first kappa shape index (κ1) is 14.7. The van der Waals surface area contributed by atoms with E-state index >= 15 is 0 Å². The van der Waals surface area contributed by atoms with E-state index in [9.17, 15) is 4.79 Å². The van der Waals surface area contributed by atoms with Gasteiger partial charge < -0.3 is 16.0 Å². The van der Waals surface area contributed by atoms with E-state index in [2.05, 4.69) is 30.9 Å². The molecule has 2 heterocycles. The van der Waals surface area contributed by atoms with Crippen molar-refractivity contribution < 1.29 is 4.79 Å². The van der Waals surface area contributed by atoms with Crippen molar-refractivity contribution in [2.24, 2.45) is 0 Å². The predicted octanol–water partition coefficient (Wildman–Crippen LogP) is 1.34. The highest BCUT2D eigenvalue weighted by molar-refractivity contribution is 5.74. The number of aromatic nitrogens is 3. The van der Waals surface area contributed by atoms with Gasteiger partial charge in [-0.25, -0.2) is 14.8 Å². The molecule has 2 amide bonds. The second kappa shape index (κ2) is 7.78. The minimum absolute atomic E-state index is 0.0934. The molecule has 0 aliphatic rings. The lowest BCUT2D eigenvalue weighted by atomic mass is 10.1. The zero-order valence-electron chi connectivity index (χ0n) is 11.8. The van der Waals surface area contributed by atoms with Crippen LogP contribution in [0.3, 0.4) is 0 Å². The number of pyridine rings is 1. The monoisotopic (exact) mass is 286 g/mol. The van der Waals surface area contributed by atoms with Gasteiger partial charge in [0.15, 0.2) is 0 Å². The molecule has 110 valence electrons. The summed E-state index contributed by atoms with van der Waals surface area (Å²) in [5.74, 6) is 0.545. The van der Waals surface area contributed by atoms with Gasteiger partial charge in [-0.1, -0.05) is 6.07 Å². The highest BCUT2D eigenvalue weighted by Crippen LogP contribution is 2.08. The molecular weight excluding hydrogens is 268 g/mol. The normalized spacial score (nSPS) is 11.5. The first-order chi connectivity index (χ1) is 10.3. The Morgan fingerprint density at radius 1 is 1.19 bits per heavy atom. The predicted molar refractivity (Wildman–Crippen MR) is 79.7 cm³/mol. The molecule has 0 bridgehead atoms. The Balaban J connectivity index is 1.66. The number of anilines is 1. The van der Waals surface area contributed by atoms with Crippen molar-refractivity contribution in [3.8, 4) is 0 Å². The fourth-order valence-corrected chi connectivity index (χ4v) is 1.70. The lowest BCUT2D eigenvalue weighted by Gasteiger charge is -2.14. The summed E-state index contributed by atoms with van der Waals surface area (Å²) in [5, 5.41) is 8.62. The maximum atomic E-state index is 11.7. The minimum atomic E-state index is -0.220. The van der Waals surface area contributed by atoms with Crippen molar-refractivity contribution >= 4 is 12.0 Å². The van der Waals surface area contributed by atoms with Gasteiger partial charge in [-0.3, -0.25) is 4.98 Å². The summed E-state index contributed by atoms with van der Waals surface area (Å²) in [7, 11) is 0. The van der Waals surface area contributed by atoms with Crippen LogP contribution in [0.2, 0.25) is 0 Å². The van der Waals surface area contributed by atoms with E-state index in [1.807, 2.05) is 19.1 Å². The molecule has 0 unspecified atom stereocenters. The molecule has 2 aromatic heterocycles. The van der Waals surface area contributed by atoms with Crippen LogP contribution in [0.15, 0.2) is 43.0 Å². The van der Waals surface area contributed by atoms with Gasteiger partial charge in [-0.15, -0.1) is 0 Å². The van der Waals surface area contributed by atoms with Gasteiger partial charge in [0.25, 0.3) is 0 Å². The van der Waals surface area contributed by atoms with Crippen LogP contribution in [-0.2, 0) is 0 Å². The summed E-state index contributed by atoms with van der Waals surface area (Å²) in [6.45, 7) is 2.94. The first-order valence-electron chi connectivity index (χ1n) is 6.71. The molecule has 1 atom stereocenters. The van der Waals surface area contributed by atoms with Crippen molar-refractivity contribution in [3.05, 3.63) is 48.5 Å². The number of carbonyl (C=O) groups excluding carboxylic acids is 1. The van der Waals surface area contributed by atoms with Crippen molar-refractivity contribution in [3.63, 3.8) is 0 Å². The first-order valence-corrected chi connectivity index (χ1v) is 6.71. The topological polar surface area (TPSA) is 91.8 Å². The Hall–Kier alpha value is -2.70. The van der Waals surface area contributed by atoms with Crippen LogP contribution in [-0.4, -0.2) is 34.1 Å². The summed E-state index contributed by atoms with van der Waals surface area (Å²) in [6.07, 6.45) is 6.75. The summed E-state index contributed by atoms with van der Waals surface area (Å²) in [5.41, 5.74) is 0.962. The quantitative estimate of drug-likeness (QED) is 0.697. The van der Waals surface area contributed by atoms with Gasteiger partial charge >= 0.3 is 6.03 Å². The average Bonchev–Trinajstić information content (AvgIpc) is 2.53. The van der Waals surface area contributed by atoms with Crippen LogP contribution >= 0.6 is 0 Å². The van der Waals surface area contributed by atoms with E-state index in [1.165, 1.54) is 0 Å². The van der Waals surface area contributed by atoms with E-state index in [4.69, 9.17) is 0 Å².